The third-order valence-corrected chi connectivity index (χ3v) is 6.49. The summed E-state index contributed by atoms with van der Waals surface area (Å²) in [4.78, 5) is 16.6. The van der Waals surface area contributed by atoms with Gasteiger partial charge in [-0.2, -0.15) is 0 Å². The number of nitrogens with one attached hydrogen (secondary N) is 3. The van der Waals surface area contributed by atoms with E-state index in [1.54, 1.807) is 14.2 Å². The van der Waals surface area contributed by atoms with E-state index in [1.165, 1.54) is 32.1 Å². The predicted octanol–water partition coefficient (Wildman–Crippen LogP) is 4.31. The van der Waals surface area contributed by atoms with Crippen LogP contribution in [-0.4, -0.2) is 39.2 Å². The minimum atomic E-state index is 0. The average molecular weight is 528 g/mol. The van der Waals surface area contributed by atoms with E-state index in [2.05, 4.69) is 27.0 Å². The molecule has 0 bridgehead atoms. The number of methoxy groups -OCH3 is 1. The van der Waals surface area contributed by atoms with Crippen molar-refractivity contribution in [2.45, 2.75) is 57.9 Å². The normalized spacial score (nSPS) is 18.3. The van der Waals surface area contributed by atoms with Crippen LogP contribution in [0.2, 0.25) is 0 Å². The average Bonchev–Trinajstić information content (AvgIpc) is 3.14. The van der Waals surface area contributed by atoms with Crippen molar-refractivity contribution in [1.29, 1.82) is 0 Å². The highest BCUT2D eigenvalue weighted by molar-refractivity contribution is 14.0. The second kappa shape index (κ2) is 12.5. The van der Waals surface area contributed by atoms with Crippen molar-refractivity contribution in [3.05, 3.63) is 29.8 Å². The Labute approximate surface area is 198 Å². The molecule has 2 saturated carbocycles. The third kappa shape index (κ3) is 7.11. The Bertz CT molecular complexity index is 700. The summed E-state index contributed by atoms with van der Waals surface area (Å²) in [6.45, 7) is 2.40. The molecule has 0 aromatic heterocycles. The molecular formula is C23H37IN4O2. The zero-order chi connectivity index (χ0) is 20.5. The van der Waals surface area contributed by atoms with E-state index < -0.39 is 0 Å². The third-order valence-electron chi connectivity index (χ3n) is 6.49. The number of carbonyl (C=O) groups is 1. The van der Waals surface area contributed by atoms with Gasteiger partial charge in [-0.3, -0.25) is 9.79 Å². The summed E-state index contributed by atoms with van der Waals surface area (Å²) in [5, 5.41) is 9.97. The first kappa shape index (κ1) is 24.9. The van der Waals surface area contributed by atoms with Crippen molar-refractivity contribution < 1.29 is 9.53 Å². The second-order valence-corrected chi connectivity index (χ2v) is 8.55. The molecule has 2 aliphatic rings. The molecule has 0 atom stereocenters. The van der Waals surface area contributed by atoms with Crippen molar-refractivity contribution in [2.75, 3.05) is 32.6 Å². The van der Waals surface area contributed by atoms with Crippen molar-refractivity contribution in [2.24, 2.45) is 16.3 Å². The van der Waals surface area contributed by atoms with Crippen molar-refractivity contribution in [1.82, 2.24) is 10.6 Å². The fraction of sp³-hybridized carbons (Fsp3) is 0.652. The molecule has 3 rings (SSSR count). The van der Waals surface area contributed by atoms with Crippen LogP contribution in [0.5, 0.6) is 0 Å². The quantitative estimate of drug-likeness (QED) is 0.254. The van der Waals surface area contributed by atoms with E-state index in [0.29, 0.717) is 12.0 Å². The van der Waals surface area contributed by atoms with E-state index in [1.807, 2.05) is 18.2 Å². The van der Waals surface area contributed by atoms with Crippen LogP contribution in [0.25, 0.3) is 0 Å². The van der Waals surface area contributed by atoms with Gasteiger partial charge in [0.25, 0.3) is 0 Å². The van der Waals surface area contributed by atoms with Gasteiger partial charge in [-0.25, -0.2) is 0 Å². The lowest BCUT2D eigenvalue weighted by atomic mass is 9.83. The van der Waals surface area contributed by atoms with Gasteiger partial charge in [-0.15, -0.1) is 24.0 Å². The highest BCUT2D eigenvalue weighted by Gasteiger charge is 2.33. The number of amides is 1. The van der Waals surface area contributed by atoms with E-state index in [9.17, 15) is 4.79 Å². The highest BCUT2D eigenvalue weighted by atomic mass is 127. The lowest BCUT2D eigenvalue weighted by molar-refractivity contribution is -0.122. The van der Waals surface area contributed by atoms with Crippen LogP contribution in [0.3, 0.4) is 0 Å². The fourth-order valence-electron chi connectivity index (χ4n) is 4.31. The fourth-order valence-corrected chi connectivity index (χ4v) is 4.31. The molecule has 0 aliphatic heterocycles. The topological polar surface area (TPSA) is 74.8 Å². The molecule has 2 fully saturated rings. The number of anilines is 1. The predicted molar refractivity (Wildman–Crippen MR) is 133 cm³/mol. The van der Waals surface area contributed by atoms with Gasteiger partial charge in [0.05, 0.1) is 0 Å². The minimum Gasteiger partial charge on any atom is -0.385 e. The van der Waals surface area contributed by atoms with Crippen LogP contribution in [-0.2, 0) is 16.1 Å². The highest BCUT2D eigenvalue weighted by Crippen LogP contribution is 2.40. The Kier molecular flexibility index (Phi) is 10.4. The van der Waals surface area contributed by atoms with Crippen LogP contribution in [0.4, 0.5) is 5.69 Å². The number of carbonyl (C=O) groups excluding carboxylic acids is 1. The summed E-state index contributed by atoms with van der Waals surface area (Å²) in [5.74, 6) is 1.16. The number of hydrogen-bond acceptors (Lipinski definition) is 3. The Morgan fingerprint density at radius 3 is 2.60 bits per heavy atom. The van der Waals surface area contributed by atoms with Gasteiger partial charge in [0, 0.05) is 45.5 Å². The standard InChI is InChI=1S/C23H36N4O2.HI/c1-24-22(26-17-23(13-14-29-2)11-3-4-12-23)25-16-18-7-5-10-20(15-18)27-21(28)19-8-6-9-19;/h5,7,10,15,19H,3-4,6,8-9,11-14,16-17H2,1-2H3,(H,27,28)(H2,24,25,26);1H. The molecule has 168 valence electrons. The van der Waals surface area contributed by atoms with E-state index in [4.69, 9.17) is 4.74 Å². The van der Waals surface area contributed by atoms with E-state index >= 15 is 0 Å². The number of ether oxygens (including phenoxy) is 1. The lowest BCUT2D eigenvalue weighted by Crippen LogP contribution is -2.43. The van der Waals surface area contributed by atoms with Gasteiger partial charge < -0.3 is 20.7 Å². The molecule has 0 saturated heterocycles. The molecule has 0 unspecified atom stereocenters. The molecule has 2 aliphatic carbocycles. The lowest BCUT2D eigenvalue weighted by Gasteiger charge is -2.30. The van der Waals surface area contributed by atoms with Crippen LogP contribution < -0.4 is 16.0 Å². The summed E-state index contributed by atoms with van der Waals surface area (Å²) in [6, 6.07) is 8.04. The molecule has 0 spiro atoms. The maximum absolute atomic E-state index is 12.2. The van der Waals surface area contributed by atoms with Crippen molar-refractivity contribution >= 4 is 41.5 Å². The molecule has 6 nitrogen and oxygen atoms in total. The zero-order valence-corrected chi connectivity index (χ0v) is 20.7. The molecule has 0 heterocycles. The Balaban J connectivity index is 0.00000320. The number of halogens is 1. The van der Waals surface area contributed by atoms with Crippen molar-refractivity contribution in [3.8, 4) is 0 Å². The van der Waals surface area contributed by atoms with Gasteiger partial charge in [0.2, 0.25) is 5.91 Å². The largest absolute Gasteiger partial charge is 0.385 e. The van der Waals surface area contributed by atoms with Gasteiger partial charge >= 0.3 is 0 Å². The first-order valence-electron chi connectivity index (χ1n) is 11.0. The molecule has 30 heavy (non-hydrogen) atoms. The number of hydrogen-bond donors (Lipinski definition) is 3. The van der Waals surface area contributed by atoms with Gasteiger partial charge in [0.1, 0.15) is 0 Å². The molecule has 1 amide bonds. The molecule has 3 N–H and O–H groups in total. The zero-order valence-electron chi connectivity index (χ0n) is 18.3. The second-order valence-electron chi connectivity index (χ2n) is 8.55. The first-order valence-corrected chi connectivity index (χ1v) is 11.0. The van der Waals surface area contributed by atoms with Crippen molar-refractivity contribution in [3.63, 3.8) is 0 Å². The number of rotatable bonds is 9. The van der Waals surface area contributed by atoms with E-state index in [0.717, 1.165) is 49.6 Å². The molecular weight excluding hydrogens is 491 g/mol. The Morgan fingerprint density at radius 1 is 1.20 bits per heavy atom. The summed E-state index contributed by atoms with van der Waals surface area (Å²) < 4.78 is 5.33. The molecule has 7 heteroatoms. The van der Waals surface area contributed by atoms with Gasteiger partial charge in [-0.1, -0.05) is 31.4 Å². The Morgan fingerprint density at radius 2 is 1.97 bits per heavy atom. The first-order chi connectivity index (χ1) is 14.1. The Hall–Kier alpha value is -1.35. The SMILES string of the molecule is CN=C(NCc1cccc(NC(=O)C2CCC2)c1)NCC1(CCOC)CCCC1.I. The number of nitrogens with zero attached hydrogens (tertiary/aromatic N) is 1. The monoisotopic (exact) mass is 528 g/mol. The van der Waals surface area contributed by atoms with Gasteiger partial charge in [-0.05, 0) is 55.2 Å². The molecule has 1 aromatic rings. The molecule has 0 radical (unpaired) electrons. The summed E-state index contributed by atoms with van der Waals surface area (Å²) >= 11 is 0. The van der Waals surface area contributed by atoms with E-state index in [-0.39, 0.29) is 35.8 Å². The van der Waals surface area contributed by atoms with Crippen LogP contribution in [0.1, 0.15) is 56.9 Å². The molecule has 1 aromatic carbocycles. The smallest absolute Gasteiger partial charge is 0.227 e. The summed E-state index contributed by atoms with van der Waals surface area (Å²) in [7, 11) is 3.58. The summed E-state index contributed by atoms with van der Waals surface area (Å²) in [5.41, 5.74) is 2.31. The number of benzene rings is 1. The maximum atomic E-state index is 12.2. The van der Waals surface area contributed by atoms with Crippen LogP contribution in [0.15, 0.2) is 29.3 Å². The van der Waals surface area contributed by atoms with Gasteiger partial charge in [0.15, 0.2) is 5.96 Å². The minimum absolute atomic E-state index is 0. The maximum Gasteiger partial charge on any atom is 0.227 e. The number of aliphatic imine (C=N–C) groups is 1. The number of guanidine groups is 1. The van der Waals surface area contributed by atoms with Crippen LogP contribution >= 0.6 is 24.0 Å². The van der Waals surface area contributed by atoms with Crippen LogP contribution in [0, 0.1) is 11.3 Å². The summed E-state index contributed by atoms with van der Waals surface area (Å²) in [6.07, 6.45) is 9.40.